The highest BCUT2D eigenvalue weighted by molar-refractivity contribution is 9.10. The molecule has 2 rings (SSSR count). The molecule has 0 spiro atoms. The zero-order valence-corrected chi connectivity index (χ0v) is 8.58. The first-order valence-corrected chi connectivity index (χ1v) is 4.59. The quantitative estimate of drug-likeness (QED) is 0.714. The smallest absolute Gasteiger partial charge is 0.167 e. The van der Waals surface area contributed by atoms with E-state index in [9.17, 15) is 4.79 Å². The largest absolute Gasteiger partial charge is 0.339 e. The molecule has 0 fully saturated rings. The second-order valence-corrected chi connectivity index (χ2v) is 3.54. The number of carbonyl (C=O) groups excluding carboxylic acids is 1. The third kappa shape index (κ3) is 1.09. The highest BCUT2D eigenvalue weighted by atomic mass is 79.9. The number of aldehydes is 1. The summed E-state index contributed by atoms with van der Waals surface area (Å²) in [6.45, 7) is 0. The van der Waals surface area contributed by atoms with Gasteiger partial charge in [0.15, 0.2) is 6.29 Å². The van der Waals surface area contributed by atoms with Gasteiger partial charge in [0.25, 0.3) is 0 Å². The fourth-order valence-corrected chi connectivity index (χ4v) is 2.03. The van der Waals surface area contributed by atoms with Crippen LogP contribution in [0, 0.1) is 0 Å². The number of fused-ring (bicyclic) bond motifs is 1. The molecule has 0 saturated heterocycles. The molecule has 0 unspecified atom stereocenters. The topological polar surface area (TPSA) is 34.9 Å². The lowest BCUT2D eigenvalue weighted by Crippen LogP contribution is -1.93. The first-order chi connectivity index (χ1) is 6.25. The van der Waals surface area contributed by atoms with E-state index in [1.807, 2.05) is 23.7 Å². The summed E-state index contributed by atoms with van der Waals surface area (Å²) in [6, 6.07) is 3.78. The molecular weight excluding hydrogens is 232 g/mol. The molecule has 0 aliphatic heterocycles. The van der Waals surface area contributed by atoms with E-state index in [1.54, 1.807) is 6.20 Å². The summed E-state index contributed by atoms with van der Waals surface area (Å²) < 4.78 is 2.58. The number of nitrogens with zero attached hydrogens (tertiary/aromatic N) is 2. The Morgan fingerprint density at radius 1 is 1.62 bits per heavy atom. The Balaban J connectivity index is 2.96. The van der Waals surface area contributed by atoms with Gasteiger partial charge in [-0.25, -0.2) is 0 Å². The van der Waals surface area contributed by atoms with Gasteiger partial charge in [0.1, 0.15) is 5.52 Å². The van der Waals surface area contributed by atoms with Gasteiger partial charge in [-0.15, -0.1) is 0 Å². The van der Waals surface area contributed by atoms with Crippen LogP contribution >= 0.6 is 15.9 Å². The van der Waals surface area contributed by atoms with Crippen LogP contribution in [0.15, 0.2) is 22.8 Å². The van der Waals surface area contributed by atoms with Crippen LogP contribution in [-0.2, 0) is 7.05 Å². The molecule has 0 aliphatic rings. The van der Waals surface area contributed by atoms with Crippen LogP contribution in [-0.4, -0.2) is 15.8 Å². The molecule has 13 heavy (non-hydrogen) atoms. The van der Waals surface area contributed by atoms with E-state index in [4.69, 9.17) is 0 Å². The van der Waals surface area contributed by atoms with Crippen molar-refractivity contribution in [3.63, 3.8) is 0 Å². The summed E-state index contributed by atoms with van der Waals surface area (Å²) in [5, 5.41) is 0. The number of aryl methyl sites for hydroxylation is 1. The maximum Gasteiger partial charge on any atom is 0.167 e. The summed E-state index contributed by atoms with van der Waals surface area (Å²) in [5.74, 6) is 0. The highest BCUT2D eigenvalue weighted by Gasteiger charge is 2.11. The van der Waals surface area contributed by atoms with Crippen LogP contribution in [0.1, 0.15) is 10.5 Å². The van der Waals surface area contributed by atoms with Crippen molar-refractivity contribution in [3.8, 4) is 0 Å². The lowest BCUT2D eigenvalue weighted by molar-refractivity contribution is 0.111. The monoisotopic (exact) mass is 238 g/mol. The van der Waals surface area contributed by atoms with Crippen molar-refractivity contribution in [2.75, 3.05) is 0 Å². The molecule has 0 aliphatic carbocycles. The molecule has 0 bridgehead atoms. The zero-order valence-electron chi connectivity index (χ0n) is 6.99. The molecule has 3 nitrogen and oxygen atoms in total. The molecule has 0 atom stereocenters. The number of rotatable bonds is 1. The van der Waals surface area contributed by atoms with Crippen LogP contribution in [0.25, 0.3) is 11.0 Å². The van der Waals surface area contributed by atoms with E-state index in [-0.39, 0.29) is 0 Å². The van der Waals surface area contributed by atoms with Crippen molar-refractivity contribution < 1.29 is 4.79 Å². The molecule has 2 aromatic rings. The maximum absolute atomic E-state index is 10.7. The molecule has 4 heteroatoms. The fraction of sp³-hybridized carbons (Fsp3) is 0.111. The van der Waals surface area contributed by atoms with Gasteiger partial charge in [-0.3, -0.25) is 9.78 Å². The van der Waals surface area contributed by atoms with E-state index in [1.165, 1.54) is 0 Å². The minimum Gasteiger partial charge on any atom is -0.339 e. The van der Waals surface area contributed by atoms with Crippen LogP contribution in [0.2, 0.25) is 0 Å². The fourth-order valence-electron chi connectivity index (χ4n) is 1.37. The molecule has 2 aromatic heterocycles. The van der Waals surface area contributed by atoms with Gasteiger partial charge in [-0.1, -0.05) is 0 Å². The van der Waals surface area contributed by atoms with Crippen molar-refractivity contribution in [2.24, 2.45) is 7.05 Å². The van der Waals surface area contributed by atoms with Crippen LogP contribution in [0.3, 0.4) is 0 Å². The predicted molar refractivity (Wildman–Crippen MR) is 53.8 cm³/mol. The Morgan fingerprint density at radius 3 is 3.00 bits per heavy atom. The average Bonchev–Trinajstić information content (AvgIpc) is 2.41. The summed E-state index contributed by atoms with van der Waals surface area (Å²) in [4.78, 5) is 14.9. The number of aromatic nitrogens is 2. The molecular formula is C9H7BrN2O. The summed E-state index contributed by atoms with van der Waals surface area (Å²) >= 11 is 3.35. The molecule has 0 aromatic carbocycles. The highest BCUT2D eigenvalue weighted by Crippen LogP contribution is 2.26. The Bertz CT molecular complexity index is 437. The SMILES string of the molecule is Cn1c(C=O)c(Br)c2ncccc21. The standard InChI is InChI=1S/C9H7BrN2O/c1-12-6-3-2-4-11-9(6)8(10)7(12)5-13/h2-5H,1H3. The number of carbonyl (C=O) groups is 1. The maximum atomic E-state index is 10.7. The molecule has 0 radical (unpaired) electrons. The summed E-state index contributed by atoms with van der Waals surface area (Å²) in [7, 11) is 1.85. The number of hydrogen-bond donors (Lipinski definition) is 0. The minimum absolute atomic E-state index is 0.619. The lowest BCUT2D eigenvalue weighted by Gasteiger charge is -1.95. The second kappa shape index (κ2) is 2.96. The third-order valence-corrected chi connectivity index (χ3v) is 2.84. The van der Waals surface area contributed by atoms with Crippen LogP contribution in [0.4, 0.5) is 0 Å². The second-order valence-electron chi connectivity index (χ2n) is 2.75. The number of halogens is 1. The summed E-state index contributed by atoms with van der Waals surface area (Å²) in [6.07, 6.45) is 2.54. The van der Waals surface area contributed by atoms with Crippen LogP contribution in [0.5, 0.6) is 0 Å². The van der Waals surface area contributed by atoms with Crippen LogP contribution < -0.4 is 0 Å². The summed E-state index contributed by atoms with van der Waals surface area (Å²) in [5.41, 5.74) is 2.40. The average molecular weight is 239 g/mol. The van der Waals surface area contributed by atoms with Crippen molar-refractivity contribution >= 4 is 33.2 Å². The van der Waals surface area contributed by atoms with E-state index in [0.29, 0.717) is 5.69 Å². The molecule has 66 valence electrons. The Labute approximate surface area is 83.5 Å². The van der Waals surface area contributed by atoms with E-state index in [2.05, 4.69) is 20.9 Å². The first kappa shape index (κ1) is 8.44. The van der Waals surface area contributed by atoms with Gasteiger partial charge >= 0.3 is 0 Å². The van der Waals surface area contributed by atoms with E-state index in [0.717, 1.165) is 21.8 Å². The number of hydrogen-bond acceptors (Lipinski definition) is 2. The van der Waals surface area contributed by atoms with Gasteiger partial charge in [-0.05, 0) is 28.1 Å². The first-order valence-electron chi connectivity index (χ1n) is 3.79. The van der Waals surface area contributed by atoms with Crippen molar-refractivity contribution in [2.45, 2.75) is 0 Å². The lowest BCUT2D eigenvalue weighted by atomic mass is 10.4. The van der Waals surface area contributed by atoms with Gasteiger partial charge in [-0.2, -0.15) is 0 Å². The van der Waals surface area contributed by atoms with E-state index >= 15 is 0 Å². The van der Waals surface area contributed by atoms with Gasteiger partial charge in [0.05, 0.1) is 15.7 Å². The normalized spacial score (nSPS) is 10.6. The zero-order chi connectivity index (χ0) is 9.42. The van der Waals surface area contributed by atoms with Gasteiger partial charge < -0.3 is 4.57 Å². The molecule has 0 amide bonds. The van der Waals surface area contributed by atoms with Crippen molar-refractivity contribution in [1.82, 2.24) is 9.55 Å². The van der Waals surface area contributed by atoms with Gasteiger partial charge in [0, 0.05) is 13.2 Å². The van der Waals surface area contributed by atoms with Gasteiger partial charge in [0.2, 0.25) is 0 Å². The predicted octanol–water partition coefficient (Wildman–Crippen LogP) is 2.15. The third-order valence-electron chi connectivity index (χ3n) is 2.05. The van der Waals surface area contributed by atoms with E-state index < -0.39 is 0 Å². The van der Waals surface area contributed by atoms with Crippen molar-refractivity contribution in [3.05, 3.63) is 28.5 Å². The minimum atomic E-state index is 0.619. The Hall–Kier alpha value is -1.16. The Morgan fingerprint density at radius 2 is 2.38 bits per heavy atom. The molecule has 0 saturated carbocycles. The Kier molecular flexibility index (Phi) is 1.92. The molecule has 0 N–H and O–H groups in total. The number of pyridine rings is 1. The molecule has 2 heterocycles. The van der Waals surface area contributed by atoms with Crippen molar-refractivity contribution in [1.29, 1.82) is 0 Å².